The number of carbonyl (C=O) groups is 1. The largest absolute Gasteiger partial charge is 0.480 e. The van der Waals surface area contributed by atoms with Crippen molar-refractivity contribution < 1.29 is 14.3 Å². The normalized spacial score (nSPS) is 24.6. The van der Waals surface area contributed by atoms with Crippen LogP contribution < -0.4 is 5.32 Å². The van der Waals surface area contributed by atoms with Crippen molar-refractivity contribution in [2.45, 2.75) is 25.3 Å². The molecule has 16 heavy (non-hydrogen) atoms. The van der Waals surface area contributed by atoms with Crippen molar-refractivity contribution in [3.8, 4) is 0 Å². The van der Waals surface area contributed by atoms with Crippen molar-refractivity contribution in [3.63, 3.8) is 0 Å². The average Bonchev–Trinajstić information content (AvgIpc) is 2.71. The van der Waals surface area contributed by atoms with Gasteiger partial charge >= 0.3 is 5.97 Å². The lowest BCUT2D eigenvalue weighted by Gasteiger charge is -2.16. The molecule has 1 aliphatic rings. The summed E-state index contributed by atoms with van der Waals surface area (Å²) in [6.07, 6.45) is 0.736. The predicted octanol–water partition coefficient (Wildman–Crippen LogP) is 1.66. The molecule has 3 nitrogen and oxygen atoms in total. The van der Waals surface area contributed by atoms with Gasteiger partial charge in [0.25, 0.3) is 0 Å². The Hall–Kier alpha value is -1.42. The molecule has 0 bridgehead atoms. The van der Waals surface area contributed by atoms with E-state index in [0.29, 0.717) is 12.1 Å². The van der Waals surface area contributed by atoms with Crippen LogP contribution in [0.15, 0.2) is 18.2 Å². The second-order valence-corrected chi connectivity index (χ2v) is 4.17. The van der Waals surface area contributed by atoms with Crippen molar-refractivity contribution >= 4 is 5.97 Å². The monoisotopic (exact) mass is 223 g/mol. The Labute approximate surface area is 93.3 Å². The Balaban J connectivity index is 2.29. The number of hydrogen-bond donors (Lipinski definition) is 2. The predicted molar refractivity (Wildman–Crippen MR) is 57.9 cm³/mol. The first-order valence-corrected chi connectivity index (χ1v) is 5.32. The number of carboxylic acid groups (broad SMARTS) is 1. The highest BCUT2D eigenvalue weighted by Gasteiger charge is 2.33. The van der Waals surface area contributed by atoms with Crippen LogP contribution in [0.3, 0.4) is 0 Å². The van der Waals surface area contributed by atoms with Crippen LogP contribution in [-0.2, 0) is 4.79 Å². The zero-order valence-corrected chi connectivity index (χ0v) is 9.03. The van der Waals surface area contributed by atoms with Crippen molar-refractivity contribution in [2.24, 2.45) is 0 Å². The molecule has 0 amide bonds. The first-order valence-electron chi connectivity index (χ1n) is 5.32. The molecule has 0 aromatic heterocycles. The van der Waals surface area contributed by atoms with Gasteiger partial charge in [0, 0.05) is 5.92 Å². The molecule has 1 aliphatic heterocycles. The minimum atomic E-state index is -0.872. The fraction of sp³-hybridized carbons (Fsp3) is 0.417. The lowest BCUT2D eigenvalue weighted by Crippen LogP contribution is -2.34. The summed E-state index contributed by atoms with van der Waals surface area (Å²) in [5, 5.41) is 11.9. The minimum absolute atomic E-state index is 0.132. The molecule has 1 saturated heterocycles. The van der Waals surface area contributed by atoms with Crippen molar-refractivity contribution in [3.05, 3.63) is 35.1 Å². The molecule has 2 atom stereocenters. The zero-order chi connectivity index (χ0) is 11.7. The molecule has 86 valence electrons. The highest BCUT2D eigenvalue weighted by atomic mass is 19.1. The van der Waals surface area contributed by atoms with Crippen molar-refractivity contribution in [1.29, 1.82) is 0 Å². The van der Waals surface area contributed by atoms with E-state index >= 15 is 0 Å². The van der Waals surface area contributed by atoms with Crippen LogP contribution in [0.4, 0.5) is 4.39 Å². The van der Waals surface area contributed by atoms with E-state index in [-0.39, 0.29) is 11.7 Å². The quantitative estimate of drug-likeness (QED) is 0.801. The second kappa shape index (κ2) is 4.22. The van der Waals surface area contributed by atoms with E-state index in [0.717, 1.165) is 12.0 Å². The molecule has 4 heteroatoms. The van der Waals surface area contributed by atoms with Crippen LogP contribution in [0.5, 0.6) is 0 Å². The van der Waals surface area contributed by atoms with Gasteiger partial charge in [0.1, 0.15) is 11.9 Å². The Bertz CT molecular complexity index is 419. The standard InChI is InChI=1S/C12H14FNO2/c1-7-2-3-8(6-10(7)13)9-4-5-14-11(9)12(15)16/h2-3,6,9,11,14H,4-5H2,1H3,(H,15,16). The van der Waals surface area contributed by atoms with Gasteiger partial charge < -0.3 is 10.4 Å². The maximum atomic E-state index is 13.4. The molecule has 0 radical (unpaired) electrons. The number of hydrogen-bond acceptors (Lipinski definition) is 2. The summed E-state index contributed by atoms with van der Waals surface area (Å²) in [7, 11) is 0. The molecule has 1 fully saturated rings. The summed E-state index contributed by atoms with van der Waals surface area (Å²) < 4.78 is 13.4. The summed E-state index contributed by atoms with van der Waals surface area (Å²) in [6, 6.07) is 4.36. The highest BCUT2D eigenvalue weighted by Crippen LogP contribution is 2.28. The van der Waals surface area contributed by atoms with Gasteiger partial charge in [-0.05, 0) is 37.1 Å². The number of benzene rings is 1. The highest BCUT2D eigenvalue weighted by molar-refractivity contribution is 5.75. The molecule has 1 aromatic rings. The van der Waals surface area contributed by atoms with Crippen LogP contribution in [0.25, 0.3) is 0 Å². The number of halogens is 1. The SMILES string of the molecule is Cc1ccc(C2CCNC2C(=O)O)cc1F. The van der Waals surface area contributed by atoms with Crippen molar-refractivity contribution in [2.75, 3.05) is 6.54 Å². The lowest BCUT2D eigenvalue weighted by molar-refractivity contribution is -0.139. The fourth-order valence-corrected chi connectivity index (χ4v) is 2.16. The smallest absolute Gasteiger partial charge is 0.321 e. The Kier molecular flexibility index (Phi) is 2.92. The third-order valence-electron chi connectivity index (χ3n) is 3.11. The van der Waals surface area contributed by atoms with Gasteiger partial charge in [-0.2, -0.15) is 0 Å². The third kappa shape index (κ3) is 1.93. The Morgan fingerprint density at radius 3 is 2.94 bits per heavy atom. The van der Waals surface area contributed by atoms with Crippen LogP contribution in [0, 0.1) is 12.7 Å². The van der Waals surface area contributed by atoms with Crippen LogP contribution in [-0.4, -0.2) is 23.7 Å². The number of nitrogens with one attached hydrogen (secondary N) is 1. The fourth-order valence-electron chi connectivity index (χ4n) is 2.16. The van der Waals surface area contributed by atoms with Gasteiger partial charge in [-0.3, -0.25) is 4.79 Å². The first kappa shape index (κ1) is 11.1. The maximum absolute atomic E-state index is 13.4. The maximum Gasteiger partial charge on any atom is 0.321 e. The van der Waals surface area contributed by atoms with E-state index in [1.54, 1.807) is 13.0 Å². The van der Waals surface area contributed by atoms with E-state index in [9.17, 15) is 9.18 Å². The number of aryl methyl sites for hydroxylation is 1. The Morgan fingerprint density at radius 1 is 1.56 bits per heavy atom. The first-order chi connectivity index (χ1) is 7.59. The molecule has 1 heterocycles. The summed E-state index contributed by atoms with van der Waals surface area (Å²) in [5.41, 5.74) is 1.35. The topological polar surface area (TPSA) is 49.3 Å². The summed E-state index contributed by atoms with van der Waals surface area (Å²) in [5.74, 6) is -1.27. The summed E-state index contributed by atoms with van der Waals surface area (Å²) in [6.45, 7) is 2.36. The van der Waals surface area contributed by atoms with Crippen LogP contribution in [0.2, 0.25) is 0 Å². The molecular formula is C12H14FNO2. The Morgan fingerprint density at radius 2 is 2.31 bits per heavy atom. The number of aliphatic carboxylic acids is 1. The second-order valence-electron chi connectivity index (χ2n) is 4.17. The van der Waals surface area contributed by atoms with E-state index < -0.39 is 12.0 Å². The third-order valence-corrected chi connectivity index (χ3v) is 3.11. The molecule has 0 spiro atoms. The summed E-state index contributed by atoms with van der Waals surface area (Å²) >= 11 is 0. The van der Waals surface area contributed by atoms with Crippen LogP contribution >= 0.6 is 0 Å². The van der Waals surface area contributed by atoms with E-state index in [1.165, 1.54) is 6.07 Å². The molecule has 1 aromatic carbocycles. The van der Waals surface area contributed by atoms with E-state index in [4.69, 9.17) is 5.11 Å². The van der Waals surface area contributed by atoms with Crippen LogP contribution in [0.1, 0.15) is 23.5 Å². The zero-order valence-electron chi connectivity index (χ0n) is 9.03. The van der Waals surface area contributed by atoms with Gasteiger partial charge in [-0.25, -0.2) is 4.39 Å². The molecular weight excluding hydrogens is 209 g/mol. The van der Waals surface area contributed by atoms with Gasteiger partial charge in [0.05, 0.1) is 0 Å². The average molecular weight is 223 g/mol. The van der Waals surface area contributed by atoms with Gasteiger partial charge in [-0.15, -0.1) is 0 Å². The minimum Gasteiger partial charge on any atom is -0.480 e. The molecule has 2 N–H and O–H groups in total. The molecule has 0 aliphatic carbocycles. The molecule has 0 saturated carbocycles. The van der Waals surface area contributed by atoms with E-state index in [2.05, 4.69) is 5.32 Å². The number of rotatable bonds is 2. The van der Waals surface area contributed by atoms with Gasteiger partial charge in [0.15, 0.2) is 0 Å². The van der Waals surface area contributed by atoms with Crippen molar-refractivity contribution in [1.82, 2.24) is 5.32 Å². The number of carboxylic acids is 1. The van der Waals surface area contributed by atoms with Gasteiger partial charge in [-0.1, -0.05) is 12.1 Å². The van der Waals surface area contributed by atoms with E-state index in [1.807, 2.05) is 6.07 Å². The molecule has 2 unspecified atom stereocenters. The summed E-state index contributed by atoms with van der Waals surface area (Å²) in [4.78, 5) is 11.0. The van der Waals surface area contributed by atoms with Gasteiger partial charge in [0.2, 0.25) is 0 Å². The molecule has 2 rings (SSSR count). The lowest BCUT2D eigenvalue weighted by atomic mass is 9.91.